The van der Waals surface area contributed by atoms with Gasteiger partial charge in [-0.25, -0.2) is 4.98 Å². The number of ether oxygens (including phenoxy) is 1. The summed E-state index contributed by atoms with van der Waals surface area (Å²) in [6.45, 7) is 1.94. The second kappa shape index (κ2) is 7.57. The Bertz CT molecular complexity index is 1010. The molecule has 7 heteroatoms. The molecule has 0 saturated carbocycles. The number of amides is 2. The van der Waals surface area contributed by atoms with Crippen molar-refractivity contribution in [3.63, 3.8) is 0 Å². The molecule has 0 radical (unpaired) electrons. The lowest BCUT2D eigenvalue weighted by Gasteiger charge is -2.15. The highest BCUT2D eigenvalue weighted by atomic mass is 32.1. The Morgan fingerprint density at radius 2 is 2.28 bits per heavy atom. The van der Waals surface area contributed by atoms with Crippen molar-refractivity contribution in [1.82, 2.24) is 9.88 Å². The summed E-state index contributed by atoms with van der Waals surface area (Å²) in [7, 11) is 0. The Morgan fingerprint density at radius 1 is 1.34 bits per heavy atom. The molecule has 2 amide bonds. The number of hydrogen-bond donors (Lipinski definition) is 1. The van der Waals surface area contributed by atoms with Crippen LogP contribution in [0.3, 0.4) is 0 Å². The number of anilines is 1. The Morgan fingerprint density at radius 3 is 3.10 bits per heavy atom. The maximum Gasteiger partial charge on any atom is 0.251 e. The van der Waals surface area contributed by atoms with E-state index >= 15 is 0 Å². The third-order valence-corrected chi connectivity index (χ3v) is 6.43. The lowest BCUT2D eigenvalue weighted by Crippen LogP contribution is -2.27. The highest BCUT2D eigenvalue weighted by Crippen LogP contribution is 2.41. The highest BCUT2D eigenvalue weighted by Gasteiger charge is 2.37. The molecule has 2 aromatic rings. The van der Waals surface area contributed by atoms with Gasteiger partial charge >= 0.3 is 0 Å². The van der Waals surface area contributed by atoms with Gasteiger partial charge in [0.05, 0.1) is 6.61 Å². The number of fused-ring (bicyclic) bond motifs is 2. The van der Waals surface area contributed by atoms with Crippen LogP contribution in [0.4, 0.5) is 5.82 Å². The van der Waals surface area contributed by atoms with Crippen molar-refractivity contribution in [2.75, 3.05) is 25.0 Å². The minimum absolute atomic E-state index is 0.0277. The minimum Gasteiger partial charge on any atom is -0.367 e. The van der Waals surface area contributed by atoms with E-state index in [1.165, 1.54) is 11.1 Å². The maximum atomic E-state index is 12.7. The van der Waals surface area contributed by atoms with Crippen molar-refractivity contribution >= 4 is 40.6 Å². The Labute approximate surface area is 172 Å². The average Bonchev–Trinajstić information content (AvgIpc) is 3.41. The molecule has 4 heterocycles. The second-order valence-electron chi connectivity index (χ2n) is 7.73. The van der Waals surface area contributed by atoms with Crippen LogP contribution in [0.1, 0.15) is 23.1 Å². The van der Waals surface area contributed by atoms with Gasteiger partial charge in [0.15, 0.2) is 0 Å². The third kappa shape index (κ3) is 3.75. The molecule has 148 valence electrons. The normalized spacial score (nSPS) is 23.5. The number of aromatic nitrogens is 1. The first-order valence-corrected chi connectivity index (χ1v) is 10.7. The van der Waals surface area contributed by atoms with Crippen molar-refractivity contribution in [2.45, 2.75) is 13.0 Å². The molecule has 0 aromatic carbocycles. The second-order valence-corrected chi connectivity index (χ2v) is 8.51. The maximum absolute atomic E-state index is 12.7. The molecule has 1 aliphatic carbocycles. The summed E-state index contributed by atoms with van der Waals surface area (Å²) >= 11 is 1.73. The van der Waals surface area contributed by atoms with Crippen molar-refractivity contribution < 1.29 is 14.3 Å². The van der Waals surface area contributed by atoms with E-state index in [4.69, 9.17) is 4.74 Å². The summed E-state index contributed by atoms with van der Waals surface area (Å²) in [6.07, 6.45) is 8.46. The smallest absolute Gasteiger partial charge is 0.251 e. The van der Waals surface area contributed by atoms with Gasteiger partial charge in [0.2, 0.25) is 5.91 Å². The number of thiophene rings is 1. The van der Waals surface area contributed by atoms with E-state index in [1.807, 2.05) is 11.0 Å². The first-order valence-electron chi connectivity index (χ1n) is 9.72. The fourth-order valence-electron chi connectivity index (χ4n) is 4.29. The summed E-state index contributed by atoms with van der Waals surface area (Å²) in [5, 5.41) is 7.03. The van der Waals surface area contributed by atoms with E-state index in [0.717, 1.165) is 30.6 Å². The molecule has 3 aliphatic rings. The summed E-state index contributed by atoms with van der Waals surface area (Å²) < 4.78 is 5.32. The minimum atomic E-state index is -0.203. The molecule has 1 fully saturated rings. The number of nitrogens with zero attached hydrogens (tertiary/aromatic N) is 2. The number of hydrogen-bond acceptors (Lipinski definition) is 5. The molecule has 5 rings (SSSR count). The molecule has 6 nitrogen and oxygen atoms in total. The van der Waals surface area contributed by atoms with Gasteiger partial charge in [-0.05, 0) is 63.9 Å². The van der Waals surface area contributed by atoms with Gasteiger partial charge in [0, 0.05) is 30.9 Å². The molecule has 2 unspecified atom stereocenters. The van der Waals surface area contributed by atoms with Crippen LogP contribution in [-0.2, 0) is 20.9 Å². The van der Waals surface area contributed by atoms with E-state index in [9.17, 15) is 9.59 Å². The number of allylic oxidation sites excluding steroid dienone is 1. The van der Waals surface area contributed by atoms with Crippen molar-refractivity contribution in [3.05, 3.63) is 57.9 Å². The van der Waals surface area contributed by atoms with E-state index in [0.29, 0.717) is 24.3 Å². The molecule has 2 atom stereocenters. The SMILES string of the molecule is O=C1COCc2cc(C=CC(=O)N3CC4C=C(c5ccsc5)CC4C3)cnc2N1. The highest BCUT2D eigenvalue weighted by molar-refractivity contribution is 7.08. The summed E-state index contributed by atoms with van der Waals surface area (Å²) in [5.41, 5.74) is 4.38. The van der Waals surface area contributed by atoms with Crippen molar-refractivity contribution in [2.24, 2.45) is 11.8 Å². The van der Waals surface area contributed by atoms with Crippen LogP contribution in [0.25, 0.3) is 11.6 Å². The van der Waals surface area contributed by atoms with Gasteiger partial charge in [-0.3, -0.25) is 9.59 Å². The quantitative estimate of drug-likeness (QED) is 0.794. The number of carbonyl (C=O) groups is 2. The number of rotatable bonds is 3. The van der Waals surface area contributed by atoms with E-state index in [-0.39, 0.29) is 18.4 Å². The molecule has 1 saturated heterocycles. The summed E-state index contributed by atoms with van der Waals surface area (Å²) in [5.74, 6) is 1.33. The van der Waals surface area contributed by atoms with Gasteiger partial charge < -0.3 is 15.0 Å². The molecule has 0 bridgehead atoms. The fourth-order valence-corrected chi connectivity index (χ4v) is 4.97. The van der Waals surface area contributed by atoms with E-state index < -0.39 is 0 Å². The number of likely N-dealkylation sites (tertiary alicyclic amines) is 1. The predicted molar refractivity (Wildman–Crippen MR) is 112 cm³/mol. The van der Waals surface area contributed by atoms with Gasteiger partial charge in [-0.15, -0.1) is 0 Å². The van der Waals surface area contributed by atoms with Gasteiger partial charge in [-0.1, -0.05) is 6.08 Å². The third-order valence-electron chi connectivity index (χ3n) is 5.75. The molecule has 29 heavy (non-hydrogen) atoms. The van der Waals surface area contributed by atoms with Crippen LogP contribution in [0, 0.1) is 11.8 Å². The van der Waals surface area contributed by atoms with Crippen LogP contribution in [0.2, 0.25) is 0 Å². The van der Waals surface area contributed by atoms with Crippen LogP contribution in [0.15, 0.2) is 41.2 Å². The summed E-state index contributed by atoms with van der Waals surface area (Å²) in [4.78, 5) is 30.4. The first-order chi connectivity index (χ1) is 14.2. The lowest BCUT2D eigenvalue weighted by molar-refractivity contribution is -0.125. The number of pyridine rings is 1. The monoisotopic (exact) mass is 407 g/mol. The van der Waals surface area contributed by atoms with Crippen LogP contribution in [0.5, 0.6) is 0 Å². The van der Waals surface area contributed by atoms with Crippen molar-refractivity contribution in [3.8, 4) is 0 Å². The standard InChI is InChI=1S/C22H21N3O3S/c26-20-12-28-11-19-5-14(8-23-22(19)24-20)1-2-21(27)25-9-17-6-16(7-18(17)10-25)15-3-4-29-13-15/h1-6,8,13,17-18H,7,9-12H2,(H,23,24,26). The van der Waals surface area contributed by atoms with Crippen LogP contribution in [-0.4, -0.2) is 41.4 Å². The zero-order valence-electron chi connectivity index (χ0n) is 15.8. The van der Waals surface area contributed by atoms with Crippen molar-refractivity contribution in [1.29, 1.82) is 0 Å². The number of nitrogens with one attached hydrogen (secondary N) is 1. The molecule has 0 spiro atoms. The topological polar surface area (TPSA) is 71.5 Å². The fraction of sp³-hybridized carbons (Fsp3) is 0.318. The Balaban J connectivity index is 1.23. The zero-order chi connectivity index (χ0) is 19.8. The Kier molecular flexibility index (Phi) is 4.77. The lowest BCUT2D eigenvalue weighted by atomic mass is 9.99. The molecule has 1 N–H and O–H groups in total. The molecule has 2 aromatic heterocycles. The predicted octanol–water partition coefficient (Wildman–Crippen LogP) is 3.19. The largest absolute Gasteiger partial charge is 0.367 e. The van der Waals surface area contributed by atoms with Crippen LogP contribution >= 0.6 is 11.3 Å². The van der Waals surface area contributed by atoms with Gasteiger partial charge in [0.1, 0.15) is 12.4 Å². The van der Waals surface area contributed by atoms with E-state index in [2.05, 4.69) is 33.2 Å². The van der Waals surface area contributed by atoms with E-state index in [1.54, 1.807) is 29.7 Å². The zero-order valence-corrected chi connectivity index (χ0v) is 16.7. The first kappa shape index (κ1) is 18.3. The van der Waals surface area contributed by atoms with Gasteiger partial charge in [-0.2, -0.15) is 11.3 Å². The summed E-state index contributed by atoms with van der Waals surface area (Å²) in [6, 6.07) is 4.07. The molecule has 2 aliphatic heterocycles. The molecular formula is C22H21N3O3S. The Hall–Kier alpha value is -2.77. The average molecular weight is 407 g/mol. The number of carbonyl (C=O) groups excluding carboxylic acids is 2. The van der Waals surface area contributed by atoms with Gasteiger partial charge in [0.25, 0.3) is 5.91 Å². The van der Waals surface area contributed by atoms with Crippen LogP contribution < -0.4 is 5.32 Å². The molecular weight excluding hydrogens is 386 g/mol.